The average Bonchev–Trinajstić information content (AvgIpc) is 1.56. The Morgan fingerprint density at radius 1 is 0.182 bits per heavy atom. The van der Waals surface area contributed by atoms with Gasteiger partial charge < -0.3 is 0 Å². The van der Waals surface area contributed by atoms with Crippen LogP contribution in [-0.2, 0) is 10.8 Å². The van der Waals surface area contributed by atoms with Crippen molar-refractivity contribution in [2.75, 3.05) is 0 Å². The lowest BCUT2D eigenvalue weighted by Gasteiger charge is -2.34. The van der Waals surface area contributed by atoms with E-state index in [1.54, 1.807) is 0 Å². The average molecular weight is 1290 g/mol. The first-order chi connectivity index (χ1) is 47.9. The largest absolute Gasteiger partial charge is 0.0713 e. The van der Waals surface area contributed by atoms with Crippen LogP contribution in [0.5, 0.6) is 0 Å². The van der Waals surface area contributed by atoms with E-state index < -0.39 is 0 Å². The molecular weight excluding hydrogens is 1190 g/mol. The van der Waals surface area contributed by atoms with Gasteiger partial charge in [-0.05, 0) is 187 Å². The first-order valence-corrected chi connectivity index (χ1v) is 34.9. The minimum atomic E-state index is -0.263. The van der Waals surface area contributed by atoms with Gasteiger partial charge in [0.1, 0.15) is 0 Å². The van der Waals surface area contributed by atoms with Crippen LogP contribution in [0.2, 0.25) is 0 Å². The van der Waals surface area contributed by atoms with Gasteiger partial charge in [-0.25, -0.2) is 0 Å². The molecule has 0 radical (unpaired) electrons. The number of hydrogen-bond donors (Lipinski definition) is 0. The molecule has 14 aromatic rings. The molecule has 0 heterocycles. The zero-order valence-electron chi connectivity index (χ0n) is 60.4. The van der Waals surface area contributed by atoms with E-state index in [1.807, 2.05) is 18.2 Å². The Balaban J connectivity index is 0.000000129. The fourth-order valence-electron chi connectivity index (χ4n) is 13.6. The fraction of sp³-hybridized carbons (Fsp3) is 0.152. The van der Waals surface area contributed by atoms with Crippen LogP contribution in [-0.4, -0.2) is 0 Å². The van der Waals surface area contributed by atoms with Gasteiger partial charge in [0.25, 0.3) is 0 Å². The van der Waals surface area contributed by atoms with Gasteiger partial charge in [-0.3, -0.25) is 0 Å². The number of benzene rings is 14. The molecule has 492 valence electrons. The molecule has 0 spiro atoms. The van der Waals surface area contributed by atoms with Crippen molar-refractivity contribution in [1.82, 2.24) is 0 Å². The molecule has 2 aliphatic carbocycles. The van der Waals surface area contributed by atoms with Gasteiger partial charge in [-0.15, -0.1) is 0 Å². The molecule has 0 saturated heterocycles. The molecule has 0 N–H and O–H groups in total. The molecule has 0 saturated carbocycles. The standard InChI is InChI=1S/C26H20.C16H16.3C13H12.C10H14.C8H10/c1-19-16-17-23-22-14-8-9-15-24(22)26(25(23)18-19,20-10-4-2-5-11-20)21-12-6-3-7-13-21;1-11-8-9-13-12-6-4-5-7-14(12)16(2,3)15(13)10-11;1-11-7-5-6-10-13(11)12-8-3-2-4-9-12;1-11-6-5-9-13(10-11)12-7-3-2-4-8-12;1-11-7-9-13(10-8-11)12-5-3-2-4-6-12;1-7-5-8(2)10(4)9(3)6-7;1-7-3-5-8(2)6-4-7/h2-18H,1H3;4-10H,1-3H3;3*2-10H,1H3;5-6H,1-4H3;3-6H,1-2H3. The molecule has 14 aromatic carbocycles. The lowest BCUT2D eigenvalue weighted by molar-refractivity contribution is 0.660. The second-order valence-corrected chi connectivity index (χ2v) is 27.1. The summed E-state index contributed by atoms with van der Waals surface area (Å²) in [4.78, 5) is 0. The van der Waals surface area contributed by atoms with E-state index >= 15 is 0 Å². The van der Waals surface area contributed by atoms with Crippen LogP contribution in [0, 0.1) is 76.2 Å². The lowest BCUT2D eigenvalue weighted by Crippen LogP contribution is -2.28. The number of hydrogen-bond acceptors (Lipinski definition) is 0. The summed E-state index contributed by atoms with van der Waals surface area (Å²) in [6.07, 6.45) is 0. The van der Waals surface area contributed by atoms with E-state index in [0.29, 0.717) is 0 Å². The molecule has 0 aromatic heterocycles. The van der Waals surface area contributed by atoms with Gasteiger partial charge in [-0.1, -0.05) is 399 Å². The third-order valence-electron chi connectivity index (χ3n) is 19.2. The fourth-order valence-corrected chi connectivity index (χ4v) is 13.6. The van der Waals surface area contributed by atoms with Gasteiger partial charge >= 0.3 is 0 Å². The Morgan fingerprint density at radius 2 is 0.515 bits per heavy atom. The zero-order valence-corrected chi connectivity index (χ0v) is 60.4. The van der Waals surface area contributed by atoms with Gasteiger partial charge in [0, 0.05) is 5.41 Å². The van der Waals surface area contributed by atoms with E-state index in [2.05, 4.69) is 418 Å². The molecule has 0 nitrogen and oxygen atoms in total. The molecule has 2 aliphatic rings. The highest BCUT2D eigenvalue weighted by Crippen LogP contribution is 2.56. The van der Waals surface area contributed by atoms with E-state index in [9.17, 15) is 0 Å². The monoisotopic (exact) mass is 1280 g/mol. The minimum absolute atomic E-state index is 0.151. The van der Waals surface area contributed by atoms with E-state index in [0.717, 1.165) is 0 Å². The first-order valence-electron chi connectivity index (χ1n) is 34.9. The molecular formula is C99H96. The molecule has 99 heavy (non-hydrogen) atoms. The predicted molar refractivity (Wildman–Crippen MR) is 428 cm³/mol. The summed E-state index contributed by atoms with van der Waals surface area (Å²) in [5.74, 6) is 0. The zero-order chi connectivity index (χ0) is 69.9. The van der Waals surface area contributed by atoms with Gasteiger partial charge in [0.2, 0.25) is 0 Å². The second-order valence-electron chi connectivity index (χ2n) is 27.1. The van der Waals surface area contributed by atoms with E-state index in [-0.39, 0.29) is 10.8 Å². The summed E-state index contributed by atoms with van der Waals surface area (Å²) in [5, 5.41) is 0. The Bertz CT molecular complexity index is 4780. The normalized spacial score (nSPS) is 11.8. The summed E-state index contributed by atoms with van der Waals surface area (Å²) < 4.78 is 0. The molecule has 0 heteroatoms. The van der Waals surface area contributed by atoms with Crippen LogP contribution in [0.1, 0.15) is 108 Å². The van der Waals surface area contributed by atoms with Crippen molar-refractivity contribution >= 4 is 0 Å². The van der Waals surface area contributed by atoms with Crippen molar-refractivity contribution in [3.63, 3.8) is 0 Å². The summed E-state index contributed by atoms with van der Waals surface area (Å²) in [7, 11) is 0. The summed E-state index contributed by atoms with van der Waals surface area (Å²) in [6, 6.07) is 123. The van der Waals surface area contributed by atoms with Crippen molar-refractivity contribution in [2.24, 2.45) is 0 Å². The second kappa shape index (κ2) is 33.4. The highest BCUT2D eigenvalue weighted by atomic mass is 14.5. The number of aryl methyl sites for hydroxylation is 10. The Labute approximate surface area is 593 Å². The molecule has 0 atom stereocenters. The predicted octanol–water partition coefficient (Wildman–Crippen LogP) is 26.9. The maximum Gasteiger partial charge on any atom is 0.0713 e. The highest BCUT2D eigenvalue weighted by molar-refractivity contribution is 5.87. The van der Waals surface area contributed by atoms with Gasteiger partial charge in [0.15, 0.2) is 0 Å². The number of rotatable bonds is 5. The summed E-state index contributed by atoms with van der Waals surface area (Å²) in [5.41, 5.74) is 36.3. The summed E-state index contributed by atoms with van der Waals surface area (Å²) in [6.45, 7) is 28.2. The van der Waals surface area contributed by atoms with Crippen molar-refractivity contribution in [1.29, 1.82) is 0 Å². The molecule has 0 amide bonds. The third-order valence-corrected chi connectivity index (χ3v) is 19.2. The quantitative estimate of drug-likeness (QED) is 0.161. The molecule has 0 aliphatic heterocycles. The maximum atomic E-state index is 2.37. The SMILES string of the molecule is Cc1cc(C)c(C)c(C)c1.Cc1ccc(-c2ccccc2)cc1.Cc1ccc(C)cc1.Cc1ccc2c(c1)C(C)(C)c1ccccc1-2.Cc1ccc2c(c1)C(c1ccccc1)(c1ccccc1)c1ccccc1-2.Cc1cccc(-c2ccccc2)c1.Cc1ccccc1-c1ccccc1. The highest BCUT2D eigenvalue weighted by Gasteiger charge is 2.46. The third kappa shape index (κ3) is 17.4. The van der Waals surface area contributed by atoms with Crippen molar-refractivity contribution in [3.05, 3.63) is 440 Å². The first kappa shape index (κ1) is 70.9. The van der Waals surface area contributed by atoms with Crippen LogP contribution in [0.25, 0.3) is 55.6 Å². The van der Waals surface area contributed by atoms with Crippen molar-refractivity contribution in [3.8, 4) is 55.6 Å². The van der Waals surface area contributed by atoms with Crippen LogP contribution >= 0.6 is 0 Å². The summed E-state index contributed by atoms with van der Waals surface area (Å²) >= 11 is 0. The van der Waals surface area contributed by atoms with Crippen LogP contribution in [0.3, 0.4) is 0 Å². The topological polar surface area (TPSA) is 0 Å². The molecule has 16 rings (SSSR count). The molecule has 0 bridgehead atoms. The van der Waals surface area contributed by atoms with Gasteiger partial charge in [0.05, 0.1) is 5.41 Å². The van der Waals surface area contributed by atoms with Crippen molar-refractivity contribution in [2.45, 2.75) is 101 Å². The lowest BCUT2D eigenvalue weighted by atomic mass is 9.67. The van der Waals surface area contributed by atoms with E-state index in [4.69, 9.17) is 0 Å². The molecule has 0 fully saturated rings. The van der Waals surface area contributed by atoms with Crippen LogP contribution in [0.15, 0.2) is 346 Å². The molecule has 0 unspecified atom stereocenters. The van der Waals surface area contributed by atoms with Gasteiger partial charge in [-0.2, -0.15) is 0 Å². The van der Waals surface area contributed by atoms with E-state index in [1.165, 1.54) is 150 Å². The maximum absolute atomic E-state index is 2.37. The Hall–Kier alpha value is -10.9. The smallest absolute Gasteiger partial charge is 0.0622 e. The Kier molecular flexibility index (Phi) is 23.9. The van der Waals surface area contributed by atoms with Crippen LogP contribution < -0.4 is 0 Å². The van der Waals surface area contributed by atoms with Crippen LogP contribution in [0.4, 0.5) is 0 Å². The number of fused-ring (bicyclic) bond motifs is 6. The van der Waals surface area contributed by atoms with Crippen molar-refractivity contribution < 1.29 is 0 Å². The Morgan fingerprint density at radius 3 is 1.00 bits per heavy atom. The minimum Gasteiger partial charge on any atom is -0.0622 e.